The van der Waals surface area contributed by atoms with Crippen LogP contribution in [0, 0.1) is 0 Å². The molecular formula is C24H24ClN3O2. The smallest absolute Gasteiger partial charge is 0.319 e. The van der Waals surface area contributed by atoms with E-state index in [0.29, 0.717) is 29.4 Å². The SMILES string of the molecule is CC(CC(=O)Nc1cccc(CNC(=O)Nc2ccccc2Cl)c1)c1ccccc1. The van der Waals surface area contributed by atoms with E-state index in [9.17, 15) is 9.59 Å². The van der Waals surface area contributed by atoms with Gasteiger partial charge in [-0.3, -0.25) is 4.79 Å². The Balaban J connectivity index is 1.51. The molecule has 0 fully saturated rings. The molecule has 3 N–H and O–H groups in total. The minimum atomic E-state index is -0.353. The number of amides is 3. The predicted octanol–water partition coefficient (Wildman–Crippen LogP) is 5.79. The molecule has 0 bridgehead atoms. The Bertz CT molecular complexity index is 1010. The number of anilines is 2. The molecular weight excluding hydrogens is 398 g/mol. The first kappa shape index (κ1) is 21.4. The first-order chi connectivity index (χ1) is 14.5. The standard InChI is InChI=1S/C24H24ClN3O2/c1-17(19-9-3-2-4-10-19)14-23(29)27-20-11-7-8-18(15-20)16-26-24(30)28-22-13-6-5-12-21(22)25/h2-13,15,17H,14,16H2,1H3,(H,27,29)(H2,26,28,30). The van der Waals surface area contributed by atoms with Gasteiger partial charge < -0.3 is 16.0 Å². The molecule has 3 rings (SSSR count). The average molecular weight is 422 g/mol. The molecule has 0 aliphatic heterocycles. The van der Waals surface area contributed by atoms with Crippen LogP contribution in [0.2, 0.25) is 5.02 Å². The minimum Gasteiger partial charge on any atom is -0.334 e. The van der Waals surface area contributed by atoms with Gasteiger partial charge in [-0.25, -0.2) is 4.79 Å². The number of rotatable bonds is 7. The van der Waals surface area contributed by atoms with E-state index in [2.05, 4.69) is 16.0 Å². The summed E-state index contributed by atoms with van der Waals surface area (Å²) in [7, 11) is 0. The molecule has 0 aromatic heterocycles. The van der Waals surface area contributed by atoms with Crippen molar-refractivity contribution in [2.45, 2.75) is 25.8 Å². The monoisotopic (exact) mass is 421 g/mol. The summed E-state index contributed by atoms with van der Waals surface area (Å²) in [5, 5.41) is 8.91. The number of hydrogen-bond acceptors (Lipinski definition) is 2. The Labute approximate surface area is 181 Å². The molecule has 1 unspecified atom stereocenters. The lowest BCUT2D eigenvalue weighted by atomic mass is 9.97. The van der Waals surface area contributed by atoms with E-state index in [0.717, 1.165) is 11.1 Å². The van der Waals surface area contributed by atoms with Crippen molar-refractivity contribution in [2.24, 2.45) is 0 Å². The van der Waals surface area contributed by atoms with Crippen LogP contribution in [0.25, 0.3) is 0 Å². The molecule has 30 heavy (non-hydrogen) atoms. The summed E-state index contributed by atoms with van der Waals surface area (Å²) in [5.41, 5.74) is 3.25. The molecule has 0 saturated heterocycles. The number of carbonyl (C=O) groups is 2. The molecule has 5 nitrogen and oxygen atoms in total. The Morgan fingerprint density at radius 3 is 2.40 bits per heavy atom. The van der Waals surface area contributed by atoms with Crippen molar-refractivity contribution < 1.29 is 9.59 Å². The lowest BCUT2D eigenvalue weighted by molar-refractivity contribution is -0.116. The van der Waals surface area contributed by atoms with Crippen molar-refractivity contribution in [3.05, 3.63) is 95.0 Å². The van der Waals surface area contributed by atoms with Crippen LogP contribution in [-0.4, -0.2) is 11.9 Å². The van der Waals surface area contributed by atoms with Gasteiger partial charge in [0.2, 0.25) is 5.91 Å². The third kappa shape index (κ3) is 6.36. The highest BCUT2D eigenvalue weighted by Gasteiger charge is 2.11. The fourth-order valence-corrected chi connectivity index (χ4v) is 3.24. The number of hydrogen-bond donors (Lipinski definition) is 3. The topological polar surface area (TPSA) is 70.2 Å². The van der Waals surface area contributed by atoms with E-state index in [1.807, 2.05) is 61.5 Å². The van der Waals surface area contributed by atoms with Crippen LogP contribution >= 0.6 is 11.6 Å². The second-order valence-corrected chi connectivity index (χ2v) is 7.46. The van der Waals surface area contributed by atoms with Crippen LogP contribution in [0.3, 0.4) is 0 Å². The number of urea groups is 1. The predicted molar refractivity (Wildman–Crippen MR) is 122 cm³/mol. The molecule has 0 aliphatic rings. The van der Waals surface area contributed by atoms with Crippen LogP contribution in [0.15, 0.2) is 78.9 Å². The van der Waals surface area contributed by atoms with Gasteiger partial charge >= 0.3 is 6.03 Å². The lowest BCUT2D eigenvalue weighted by Crippen LogP contribution is -2.28. The van der Waals surface area contributed by atoms with Crippen LogP contribution in [0.1, 0.15) is 30.4 Å². The third-order valence-electron chi connectivity index (χ3n) is 4.65. The van der Waals surface area contributed by atoms with Gasteiger partial charge in [-0.2, -0.15) is 0 Å². The van der Waals surface area contributed by atoms with Gasteiger partial charge in [-0.15, -0.1) is 0 Å². The third-order valence-corrected chi connectivity index (χ3v) is 4.98. The maximum atomic E-state index is 12.4. The summed E-state index contributed by atoms with van der Waals surface area (Å²) < 4.78 is 0. The Hall–Kier alpha value is -3.31. The van der Waals surface area contributed by atoms with E-state index < -0.39 is 0 Å². The van der Waals surface area contributed by atoms with Gasteiger partial charge in [0.25, 0.3) is 0 Å². The molecule has 0 heterocycles. The number of halogens is 1. The van der Waals surface area contributed by atoms with E-state index in [4.69, 9.17) is 11.6 Å². The summed E-state index contributed by atoms with van der Waals surface area (Å²) in [6.45, 7) is 2.35. The van der Waals surface area contributed by atoms with Crippen molar-refractivity contribution in [3.8, 4) is 0 Å². The van der Waals surface area contributed by atoms with Gasteiger partial charge in [-0.05, 0) is 41.3 Å². The quantitative estimate of drug-likeness (QED) is 0.451. The number of benzene rings is 3. The second-order valence-electron chi connectivity index (χ2n) is 7.05. The van der Waals surface area contributed by atoms with E-state index >= 15 is 0 Å². The molecule has 0 radical (unpaired) electrons. The Morgan fingerprint density at radius 1 is 0.900 bits per heavy atom. The highest BCUT2D eigenvalue weighted by molar-refractivity contribution is 6.33. The zero-order chi connectivity index (χ0) is 21.3. The van der Waals surface area contributed by atoms with Gasteiger partial charge in [0.1, 0.15) is 0 Å². The molecule has 6 heteroatoms. The second kappa shape index (κ2) is 10.5. The van der Waals surface area contributed by atoms with E-state index in [1.165, 1.54) is 0 Å². The summed E-state index contributed by atoms with van der Waals surface area (Å²) in [6, 6.07) is 24.1. The van der Waals surface area contributed by atoms with Gasteiger partial charge in [-0.1, -0.05) is 73.1 Å². The largest absolute Gasteiger partial charge is 0.334 e. The van der Waals surface area contributed by atoms with Crippen molar-refractivity contribution in [3.63, 3.8) is 0 Å². The van der Waals surface area contributed by atoms with Gasteiger partial charge in [0.05, 0.1) is 10.7 Å². The molecule has 0 aliphatic carbocycles. The zero-order valence-corrected chi connectivity index (χ0v) is 17.4. The highest BCUT2D eigenvalue weighted by atomic mass is 35.5. The molecule has 1 atom stereocenters. The number of carbonyl (C=O) groups excluding carboxylic acids is 2. The lowest BCUT2D eigenvalue weighted by Gasteiger charge is -2.13. The molecule has 3 aromatic carbocycles. The summed E-state index contributed by atoms with van der Waals surface area (Å²) in [6.07, 6.45) is 0.396. The first-order valence-corrected chi connectivity index (χ1v) is 10.1. The summed E-state index contributed by atoms with van der Waals surface area (Å²) in [5.74, 6) is 0.0810. The minimum absolute atomic E-state index is 0.0482. The zero-order valence-electron chi connectivity index (χ0n) is 16.7. The summed E-state index contributed by atoms with van der Waals surface area (Å²) in [4.78, 5) is 24.5. The highest BCUT2D eigenvalue weighted by Crippen LogP contribution is 2.21. The first-order valence-electron chi connectivity index (χ1n) is 9.74. The van der Waals surface area contributed by atoms with Crippen LogP contribution in [0.4, 0.5) is 16.2 Å². The van der Waals surface area contributed by atoms with Crippen molar-refractivity contribution in [1.29, 1.82) is 0 Å². The van der Waals surface area contributed by atoms with Crippen molar-refractivity contribution in [1.82, 2.24) is 5.32 Å². The summed E-state index contributed by atoms with van der Waals surface area (Å²) >= 11 is 6.05. The Kier molecular flexibility index (Phi) is 7.46. The number of para-hydroxylation sites is 1. The Morgan fingerprint density at radius 2 is 1.63 bits per heavy atom. The van der Waals surface area contributed by atoms with Crippen LogP contribution in [-0.2, 0) is 11.3 Å². The fourth-order valence-electron chi connectivity index (χ4n) is 3.06. The van der Waals surface area contributed by atoms with Crippen molar-refractivity contribution in [2.75, 3.05) is 10.6 Å². The van der Waals surface area contributed by atoms with Crippen LogP contribution < -0.4 is 16.0 Å². The molecule has 3 amide bonds. The maximum absolute atomic E-state index is 12.4. The normalized spacial score (nSPS) is 11.4. The molecule has 3 aromatic rings. The van der Waals surface area contributed by atoms with Gasteiger partial charge in [0, 0.05) is 18.7 Å². The number of nitrogens with one attached hydrogen (secondary N) is 3. The average Bonchev–Trinajstić information content (AvgIpc) is 2.75. The molecule has 154 valence electrons. The van der Waals surface area contributed by atoms with Crippen LogP contribution in [0.5, 0.6) is 0 Å². The fraction of sp³-hybridized carbons (Fsp3) is 0.167. The van der Waals surface area contributed by atoms with Crippen molar-refractivity contribution >= 4 is 34.9 Å². The molecule has 0 saturated carbocycles. The maximum Gasteiger partial charge on any atom is 0.319 e. The van der Waals surface area contributed by atoms with E-state index in [1.54, 1.807) is 24.3 Å². The van der Waals surface area contributed by atoms with E-state index in [-0.39, 0.29) is 17.9 Å². The van der Waals surface area contributed by atoms with Gasteiger partial charge in [0.15, 0.2) is 0 Å². The molecule has 0 spiro atoms.